The summed E-state index contributed by atoms with van der Waals surface area (Å²) in [5, 5.41) is 5.63. The highest BCUT2D eigenvalue weighted by Crippen LogP contribution is 2.42. The zero-order chi connectivity index (χ0) is 72.2. The summed E-state index contributed by atoms with van der Waals surface area (Å²) in [4.78, 5) is 26.5. The minimum Gasteiger partial charge on any atom is -0.493 e. The quantitative estimate of drug-likeness (QED) is 0.0283. The third kappa shape index (κ3) is 36.6. The van der Waals surface area contributed by atoms with Crippen molar-refractivity contribution < 1.29 is 38.0 Å². The molecule has 100 heavy (non-hydrogen) atoms. The zero-order valence-corrected chi connectivity index (χ0v) is 65.4. The van der Waals surface area contributed by atoms with Crippen LogP contribution in [0.25, 0.3) is 35.7 Å². The van der Waals surface area contributed by atoms with Crippen LogP contribution in [0.15, 0.2) is 36.4 Å². The van der Waals surface area contributed by atoms with Crippen LogP contribution in [0.2, 0.25) is 0 Å². The van der Waals surface area contributed by atoms with Gasteiger partial charge in [-0.1, -0.05) is 313 Å². The fourth-order valence-electron chi connectivity index (χ4n) is 11.4. The number of benzene rings is 3. The molecule has 0 spiro atoms. The Kier molecular flexibility index (Phi) is 47.0. The van der Waals surface area contributed by atoms with Crippen LogP contribution in [0.1, 0.15) is 336 Å². The molecule has 3 aromatic carbocycles. The summed E-state index contributed by atoms with van der Waals surface area (Å²) in [5.41, 5.74) is 10.4. The molecular weight excluding hydrogens is 1240 g/mol. The van der Waals surface area contributed by atoms with Gasteiger partial charge < -0.3 is 44.2 Å². The van der Waals surface area contributed by atoms with Crippen LogP contribution >= 0.6 is 0 Å². The molecule has 14 heteroatoms. The number of hydrogen-bond donors (Lipinski definition) is 3. The maximum atomic E-state index is 12.9. The number of nitrogens with one attached hydrogen (secondary N) is 2. The molecule has 14 nitrogen and oxygen atoms in total. The van der Waals surface area contributed by atoms with Crippen LogP contribution in [-0.2, 0) is 0 Å². The van der Waals surface area contributed by atoms with Gasteiger partial charge in [0, 0.05) is 23.2 Å². The smallest absolute Gasteiger partial charge is 0.321 e. The normalized spacial score (nSPS) is 12.8. The van der Waals surface area contributed by atoms with Gasteiger partial charge in [0.2, 0.25) is 17.6 Å². The molecule has 0 aliphatic rings. The lowest BCUT2D eigenvalue weighted by Crippen LogP contribution is -2.30. The number of anilines is 2. The van der Waals surface area contributed by atoms with Crippen LogP contribution in [0.3, 0.4) is 0 Å². The van der Waals surface area contributed by atoms with Crippen molar-refractivity contribution in [1.29, 1.82) is 0 Å². The molecule has 4 N–H and O–H groups in total. The number of amides is 2. The molecule has 0 radical (unpaired) electrons. The van der Waals surface area contributed by atoms with E-state index in [2.05, 4.69) is 152 Å². The van der Waals surface area contributed by atoms with E-state index in [4.69, 9.17) is 43.9 Å². The van der Waals surface area contributed by atoms with Crippen molar-refractivity contribution in [3.8, 4) is 51.6 Å². The molecule has 4 atom stereocenters. The molecule has 0 aliphatic carbocycles. The molecule has 4 rings (SSSR count). The average Bonchev–Trinajstić information content (AvgIpc) is 0.791. The minimum atomic E-state index is -0.422. The molecule has 0 aliphatic heterocycles. The maximum Gasteiger partial charge on any atom is 0.321 e. The van der Waals surface area contributed by atoms with E-state index in [0.29, 0.717) is 81.7 Å². The Morgan fingerprint density at radius 3 is 1.11 bits per heavy atom. The lowest BCUT2D eigenvalue weighted by Gasteiger charge is -2.20. The van der Waals surface area contributed by atoms with E-state index in [1.54, 1.807) is 0 Å². The third-order valence-corrected chi connectivity index (χ3v) is 19.3. The molecular formula is C86H142N6O8. The molecule has 0 unspecified atom stereocenters. The number of nitrogen functional groups attached to an aromatic ring is 1. The number of carbonyl (C=O) groups is 1. The Labute approximate surface area is 609 Å². The van der Waals surface area contributed by atoms with Gasteiger partial charge in [0.15, 0.2) is 17.3 Å². The highest BCUT2D eigenvalue weighted by atomic mass is 16.5. The second kappa shape index (κ2) is 54.5. The largest absolute Gasteiger partial charge is 0.493 e. The average molecular weight is 1390 g/mol. The molecule has 0 saturated carbocycles. The van der Waals surface area contributed by atoms with E-state index in [1.165, 1.54) is 154 Å². The summed E-state index contributed by atoms with van der Waals surface area (Å²) in [6.07, 6.45) is 52.0. The number of urea groups is 1. The number of aromatic nitrogens is 3. The van der Waals surface area contributed by atoms with E-state index < -0.39 is 6.03 Å². The van der Waals surface area contributed by atoms with Gasteiger partial charge in [-0.05, 0) is 91.3 Å². The lowest BCUT2D eigenvalue weighted by molar-refractivity contribution is 0.234. The molecule has 1 aromatic heterocycles. The van der Waals surface area contributed by atoms with Gasteiger partial charge >= 0.3 is 6.03 Å². The second-order valence-corrected chi connectivity index (χ2v) is 28.8. The van der Waals surface area contributed by atoms with Crippen molar-refractivity contribution in [3.05, 3.63) is 58.7 Å². The summed E-state index contributed by atoms with van der Waals surface area (Å²) >= 11 is 0. The summed E-state index contributed by atoms with van der Waals surface area (Å²) < 4.78 is 47.8. The third-order valence-electron chi connectivity index (χ3n) is 19.3. The Bertz CT molecular complexity index is 2790. The van der Waals surface area contributed by atoms with Gasteiger partial charge in [0.1, 0.15) is 23.0 Å². The summed E-state index contributed by atoms with van der Waals surface area (Å²) in [5.74, 6) is 6.24. The molecule has 0 saturated heterocycles. The molecule has 0 fully saturated rings. The number of unbranched alkanes of at least 4 members (excludes halogenated alkanes) is 28. The van der Waals surface area contributed by atoms with Crippen LogP contribution in [0, 0.1) is 23.7 Å². The first kappa shape index (κ1) is 86.2. The van der Waals surface area contributed by atoms with Gasteiger partial charge in [0.05, 0.1) is 51.8 Å². The highest BCUT2D eigenvalue weighted by Gasteiger charge is 2.22. The van der Waals surface area contributed by atoms with E-state index in [-0.39, 0.29) is 29.6 Å². The predicted octanol–water partition coefficient (Wildman–Crippen LogP) is 25.0. The second-order valence-electron chi connectivity index (χ2n) is 28.8. The predicted molar refractivity (Wildman–Crippen MR) is 424 cm³/mol. The topological polar surface area (TPSA) is 170 Å². The number of ether oxygens (including phenoxy) is 7. The Morgan fingerprint density at radius 2 is 0.720 bits per heavy atom. The SMILES string of the molecule is CCCCCCCCCCCCOc1cc(/C=C/c2cc(OC[C@H](C)CC)c(/C=C/c3cc(OC[C@H](C)CC)c(-c4nc(N)nc(NC(=O)NCCCC)n4)cc3OC[C@H](C)CC)cc2OC[C@H](C)CC)cc(OCCCCCCCCCCCC)c1OCCCCCCCCCCCC. The first-order valence-corrected chi connectivity index (χ1v) is 40.7. The number of nitrogens with zero attached hydrogens (tertiary/aromatic N) is 3. The number of rotatable bonds is 61. The van der Waals surface area contributed by atoms with Crippen molar-refractivity contribution in [1.82, 2.24) is 20.3 Å². The van der Waals surface area contributed by atoms with Crippen LogP contribution in [0.4, 0.5) is 16.7 Å². The molecule has 4 aromatic rings. The number of carbonyl (C=O) groups excluding carboxylic acids is 1. The lowest BCUT2D eigenvalue weighted by atomic mass is 10.0. The first-order chi connectivity index (χ1) is 48.8. The first-order valence-electron chi connectivity index (χ1n) is 40.7. The van der Waals surface area contributed by atoms with Gasteiger partial charge in [-0.15, -0.1) is 0 Å². The van der Waals surface area contributed by atoms with E-state index in [0.717, 1.165) is 128 Å². The monoisotopic (exact) mass is 1390 g/mol. The highest BCUT2D eigenvalue weighted by molar-refractivity contribution is 5.88. The summed E-state index contributed by atoms with van der Waals surface area (Å²) in [6, 6.07) is 12.0. The number of nitrogens with two attached hydrogens (primary N) is 1. The fourth-order valence-corrected chi connectivity index (χ4v) is 11.4. The standard InChI is InChI=1S/C86H142N6O8/c1-13-21-25-28-31-34-37-40-43-46-54-94-80-57-71(58-81(95-55-47-44-41-38-35-32-29-26-22-14-2)82(80)96-56-48-45-42-39-36-33-30-27-23-15-3)49-50-72-59-77(98-64-68(10)18-6)73(60-76(72)97-63-67(9)17-5)51-52-74-61-79(100-66-70(12)20-8)75(62-78(74)99-65-69(11)19-7)83-89-84(87)91-85(90-83)92-86(93)88-53-24-16-4/h49-52,57-62,67-70H,13-48,53-56,63-66H2,1-12H3,(H4,87,88,89,90,91,92,93)/b50-49+,52-51+/t67-,68-,69-,70-/m1/s1. The van der Waals surface area contributed by atoms with Gasteiger partial charge in [0.25, 0.3) is 0 Å². The summed E-state index contributed by atoms with van der Waals surface area (Å²) in [6.45, 7) is 30.8. The fraction of sp³-hybridized carbons (Fsp3) is 0.698. The van der Waals surface area contributed by atoms with Crippen LogP contribution in [0.5, 0.6) is 40.2 Å². The molecule has 2 amide bonds. The van der Waals surface area contributed by atoms with Crippen molar-refractivity contribution in [2.45, 2.75) is 314 Å². The van der Waals surface area contributed by atoms with Crippen LogP contribution in [-0.4, -0.2) is 73.8 Å². The zero-order valence-electron chi connectivity index (χ0n) is 65.4. The molecule has 564 valence electrons. The summed E-state index contributed by atoms with van der Waals surface area (Å²) in [7, 11) is 0. The minimum absolute atomic E-state index is 0.0321. The van der Waals surface area contributed by atoms with Crippen LogP contribution < -0.4 is 49.5 Å². The van der Waals surface area contributed by atoms with E-state index >= 15 is 0 Å². The maximum absolute atomic E-state index is 12.9. The molecule has 0 bridgehead atoms. The van der Waals surface area contributed by atoms with Crippen molar-refractivity contribution in [2.75, 3.05) is 63.8 Å². The van der Waals surface area contributed by atoms with Gasteiger partial charge in [-0.2, -0.15) is 15.0 Å². The number of hydrogen-bond acceptors (Lipinski definition) is 12. The van der Waals surface area contributed by atoms with Gasteiger partial charge in [-0.25, -0.2) is 4.79 Å². The Hall–Kier alpha value is -6.18. The Balaban J connectivity index is 1.86. The van der Waals surface area contributed by atoms with Gasteiger partial charge in [-0.3, -0.25) is 5.32 Å². The van der Waals surface area contributed by atoms with E-state index in [9.17, 15) is 4.79 Å². The van der Waals surface area contributed by atoms with Crippen molar-refractivity contribution >= 4 is 42.2 Å². The Morgan fingerprint density at radius 1 is 0.380 bits per heavy atom. The van der Waals surface area contributed by atoms with Crippen molar-refractivity contribution in [2.24, 2.45) is 23.7 Å². The van der Waals surface area contributed by atoms with Crippen molar-refractivity contribution in [3.63, 3.8) is 0 Å². The van der Waals surface area contributed by atoms with E-state index in [1.807, 2.05) is 12.1 Å². The molecule has 1 heterocycles.